The quantitative estimate of drug-likeness (QED) is 0.773. The lowest BCUT2D eigenvalue weighted by molar-refractivity contribution is -0.0907. The van der Waals surface area contributed by atoms with Gasteiger partial charge >= 0.3 is 0 Å². The van der Waals surface area contributed by atoms with Gasteiger partial charge in [0.25, 0.3) is 0 Å². The molecular weight excluding hydrogens is 206 g/mol. The second kappa shape index (κ2) is 5.66. The number of rotatable bonds is 3. The number of likely N-dealkylation sites (N-methyl/N-ethyl adjacent to an activating group) is 1. The Balaban J connectivity index is 1.92. The van der Waals surface area contributed by atoms with E-state index in [1.807, 2.05) is 6.08 Å². The fourth-order valence-electron chi connectivity index (χ4n) is 2.18. The highest BCUT2D eigenvalue weighted by Gasteiger charge is 2.30. The van der Waals surface area contributed by atoms with Crippen LogP contribution in [0.25, 0.3) is 0 Å². The zero-order valence-corrected chi connectivity index (χ0v) is 9.89. The van der Waals surface area contributed by atoms with E-state index in [9.17, 15) is 5.11 Å². The lowest BCUT2D eigenvalue weighted by atomic mass is 10.1. The monoisotopic (exact) mass is 227 g/mol. The number of morpholine rings is 1. The fraction of sp³-hybridized carbons (Fsp3) is 0.833. The minimum absolute atomic E-state index is 0.141. The molecule has 1 saturated heterocycles. The van der Waals surface area contributed by atoms with E-state index in [0.29, 0.717) is 19.0 Å². The Labute approximate surface area is 96.8 Å². The predicted molar refractivity (Wildman–Crippen MR) is 61.1 cm³/mol. The van der Waals surface area contributed by atoms with Crippen molar-refractivity contribution in [3.63, 3.8) is 0 Å². The van der Waals surface area contributed by atoms with Gasteiger partial charge in [-0.3, -0.25) is 4.90 Å². The lowest BCUT2D eigenvalue weighted by Gasteiger charge is -2.35. The first-order valence-corrected chi connectivity index (χ1v) is 6.16. The minimum Gasteiger partial charge on any atom is -0.495 e. The Kier molecular flexibility index (Phi) is 4.21. The van der Waals surface area contributed by atoms with E-state index in [2.05, 4.69) is 11.8 Å². The maximum Gasteiger partial charge on any atom is 0.138 e. The van der Waals surface area contributed by atoms with E-state index >= 15 is 0 Å². The first-order chi connectivity index (χ1) is 7.81. The number of ether oxygens (including phenoxy) is 2. The molecule has 92 valence electrons. The van der Waals surface area contributed by atoms with Crippen molar-refractivity contribution < 1.29 is 14.6 Å². The third-order valence-electron chi connectivity index (χ3n) is 3.23. The molecule has 2 aliphatic rings. The summed E-state index contributed by atoms with van der Waals surface area (Å²) in [7, 11) is 0. The molecular formula is C12H21NO3. The summed E-state index contributed by atoms with van der Waals surface area (Å²) in [5, 5.41) is 10.2. The van der Waals surface area contributed by atoms with Crippen molar-refractivity contribution in [2.24, 2.45) is 0 Å². The van der Waals surface area contributed by atoms with Crippen LogP contribution < -0.4 is 0 Å². The van der Waals surface area contributed by atoms with Crippen LogP contribution in [-0.2, 0) is 9.47 Å². The smallest absolute Gasteiger partial charge is 0.138 e. The lowest BCUT2D eigenvalue weighted by Crippen LogP contribution is -2.48. The molecule has 0 spiro atoms. The van der Waals surface area contributed by atoms with E-state index in [1.54, 1.807) is 0 Å². The molecule has 2 heterocycles. The van der Waals surface area contributed by atoms with Crippen LogP contribution in [0.5, 0.6) is 0 Å². The van der Waals surface area contributed by atoms with Gasteiger partial charge in [0.15, 0.2) is 0 Å². The molecule has 0 aromatic heterocycles. The summed E-state index contributed by atoms with van der Waals surface area (Å²) in [6, 6.07) is 0. The maximum atomic E-state index is 10.2. The van der Waals surface area contributed by atoms with E-state index in [4.69, 9.17) is 9.47 Å². The zero-order valence-electron chi connectivity index (χ0n) is 9.89. The van der Waals surface area contributed by atoms with Crippen molar-refractivity contribution in [1.29, 1.82) is 0 Å². The summed E-state index contributed by atoms with van der Waals surface area (Å²) < 4.78 is 11.1. The number of aliphatic hydroxyl groups excluding tert-OH is 1. The number of hydrogen-bond donors (Lipinski definition) is 1. The predicted octanol–water partition coefficient (Wildman–Crippen LogP) is 0.762. The molecule has 0 aromatic rings. The van der Waals surface area contributed by atoms with Crippen molar-refractivity contribution >= 4 is 0 Å². The van der Waals surface area contributed by atoms with E-state index < -0.39 is 6.10 Å². The summed E-state index contributed by atoms with van der Waals surface area (Å²) in [4.78, 5) is 2.29. The molecule has 0 bridgehead atoms. The summed E-state index contributed by atoms with van der Waals surface area (Å²) in [5.41, 5.74) is 0. The Morgan fingerprint density at radius 2 is 2.44 bits per heavy atom. The standard InChI is InChI=1S/C12H21NO3/c1-2-13-6-8-16-11(9-13)12(14)10-5-3-4-7-15-10/h5,11-12,14H,2-4,6-9H2,1H3. The molecule has 4 heteroatoms. The average molecular weight is 227 g/mol. The van der Waals surface area contributed by atoms with Crippen LogP contribution in [0.1, 0.15) is 19.8 Å². The maximum absolute atomic E-state index is 10.2. The van der Waals surface area contributed by atoms with Crippen molar-refractivity contribution in [2.75, 3.05) is 32.8 Å². The number of aliphatic hydroxyl groups is 1. The number of allylic oxidation sites excluding steroid dienone is 1. The summed E-state index contributed by atoms with van der Waals surface area (Å²) in [5.74, 6) is 0.703. The Hall–Kier alpha value is -0.580. The third-order valence-corrected chi connectivity index (χ3v) is 3.23. The largest absolute Gasteiger partial charge is 0.495 e. The highest BCUT2D eigenvalue weighted by atomic mass is 16.5. The van der Waals surface area contributed by atoms with Gasteiger partial charge in [-0.1, -0.05) is 6.92 Å². The molecule has 2 unspecified atom stereocenters. The average Bonchev–Trinajstić information content (AvgIpc) is 2.39. The highest BCUT2D eigenvalue weighted by Crippen LogP contribution is 2.19. The molecule has 16 heavy (non-hydrogen) atoms. The van der Waals surface area contributed by atoms with E-state index in [-0.39, 0.29) is 6.10 Å². The van der Waals surface area contributed by atoms with Gasteiger partial charge in [0.05, 0.1) is 13.2 Å². The van der Waals surface area contributed by atoms with Gasteiger partial charge in [-0.2, -0.15) is 0 Å². The molecule has 1 fully saturated rings. The van der Waals surface area contributed by atoms with E-state index in [0.717, 1.165) is 32.5 Å². The SMILES string of the molecule is CCN1CCOC(C(O)C2=CCCCO2)C1. The summed E-state index contributed by atoms with van der Waals surface area (Å²) >= 11 is 0. The van der Waals surface area contributed by atoms with Crippen LogP contribution >= 0.6 is 0 Å². The Morgan fingerprint density at radius 1 is 1.56 bits per heavy atom. The summed E-state index contributed by atoms with van der Waals surface area (Å²) in [6.07, 6.45) is 3.29. The minimum atomic E-state index is -0.602. The van der Waals surface area contributed by atoms with Gasteiger partial charge in [0, 0.05) is 13.1 Å². The van der Waals surface area contributed by atoms with Crippen LogP contribution in [0.15, 0.2) is 11.8 Å². The number of hydrogen-bond acceptors (Lipinski definition) is 4. The van der Waals surface area contributed by atoms with Gasteiger partial charge in [-0.15, -0.1) is 0 Å². The second-order valence-electron chi connectivity index (χ2n) is 4.34. The first kappa shape index (κ1) is 11.9. The van der Waals surface area contributed by atoms with Crippen molar-refractivity contribution in [1.82, 2.24) is 4.90 Å². The third kappa shape index (κ3) is 2.75. The summed E-state index contributed by atoms with van der Waals surface area (Å²) in [6.45, 7) is 6.30. The van der Waals surface area contributed by atoms with Gasteiger partial charge in [0.2, 0.25) is 0 Å². The molecule has 1 N–H and O–H groups in total. The molecule has 0 radical (unpaired) electrons. The van der Waals surface area contributed by atoms with Crippen LogP contribution in [0.2, 0.25) is 0 Å². The van der Waals surface area contributed by atoms with Crippen molar-refractivity contribution in [3.05, 3.63) is 11.8 Å². The second-order valence-corrected chi connectivity index (χ2v) is 4.34. The molecule has 4 nitrogen and oxygen atoms in total. The topological polar surface area (TPSA) is 41.9 Å². The molecule has 2 atom stereocenters. The molecule has 0 aromatic carbocycles. The normalized spacial score (nSPS) is 29.4. The van der Waals surface area contributed by atoms with Crippen LogP contribution in [0, 0.1) is 0 Å². The van der Waals surface area contributed by atoms with Crippen LogP contribution in [0.4, 0.5) is 0 Å². The zero-order chi connectivity index (χ0) is 11.4. The molecule has 2 aliphatic heterocycles. The fourth-order valence-corrected chi connectivity index (χ4v) is 2.18. The van der Waals surface area contributed by atoms with Gasteiger partial charge in [-0.05, 0) is 25.5 Å². The Bertz CT molecular complexity index is 255. The van der Waals surface area contributed by atoms with Crippen LogP contribution in [0.3, 0.4) is 0 Å². The van der Waals surface area contributed by atoms with Crippen molar-refractivity contribution in [2.45, 2.75) is 32.0 Å². The molecule has 0 amide bonds. The van der Waals surface area contributed by atoms with Crippen molar-refractivity contribution in [3.8, 4) is 0 Å². The van der Waals surface area contributed by atoms with E-state index in [1.165, 1.54) is 0 Å². The molecule has 2 rings (SSSR count). The van der Waals surface area contributed by atoms with Crippen LogP contribution in [-0.4, -0.2) is 55.1 Å². The molecule has 0 saturated carbocycles. The molecule has 0 aliphatic carbocycles. The van der Waals surface area contributed by atoms with Gasteiger partial charge in [0.1, 0.15) is 18.0 Å². The highest BCUT2D eigenvalue weighted by molar-refractivity contribution is 5.05. The van der Waals surface area contributed by atoms with Gasteiger partial charge in [-0.25, -0.2) is 0 Å². The Morgan fingerprint density at radius 3 is 3.12 bits per heavy atom. The number of nitrogens with zero attached hydrogens (tertiary/aromatic N) is 1. The van der Waals surface area contributed by atoms with Gasteiger partial charge < -0.3 is 14.6 Å². The first-order valence-electron chi connectivity index (χ1n) is 6.16.